The summed E-state index contributed by atoms with van der Waals surface area (Å²) in [6.45, 7) is 6.27. The molecule has 10 heteroatoms. The van der Waals surface area contributed by atoms with Gasteiger partial charge in [-0.3, -0.25) is 0 Å². The lowest BCUT2D eigenvalue weighted by atomic mass is 10.2. The first-order valence-electron chi connectivity index (χ1n) is 7.99. The van der Waals surface area contributed by atoms with Crippen LogP contribution in [0.2, 0.25) is 0 Å². The number of hydrogen-bond donors (Lipinski definition) is 1. The molecule has 1 aromatic heterocycles. The Morgan fingerprint density at radius 3 is 2.75 bits per heavy atom. The molecule has 0 aromatic carbocycles. The lowest BCUT2D eigenvalue weighted by Gasteiger charge is -2.42. The largest absolute Gasteiger partial charge is 0.375 e. The van der Waals surface area contributed by atoms with Crippen LogP contribution in [-0.2, 0) is 22.0 Å². The van der Waals surface area contributed by atoms with Gasteiger partial charge in [0, 0.05) is 51.7 Å². The lowest BCUT2D eigenvalue weighted by Crippen LogP contribution is -2.59. The van der Waals surface area contributed by atoms with Crippen LogP contribution in [0.3, 0.4) is 0 Å². The van der Waals surface area contributed by atoms with Crippen molar-refractivity contribution in [3.05, 3.63) is 18.2 Å². The molecule has 0 bridgehead atoms. The number of aryl methyl sites for hydroxylation is 1. The fourth-order valence-corrected chi connectivity index (χ4v) is 5.20. The van der Waals surface area contributed by atoms with Gasteiger partial charge in [0.25, 0.3) is 10.2 Å². The summed E-state index contributed by atoms with van der Waals surface area (Å²) in [5, 5.41) is 3.27. The van der Waals surface area contributed by atoms with Gasteiger partial charge in [0.2, 0.25) is 0 Å². The van der Waals surface area contributed by atoms with Gasteiger partial charge in [0.1, 0.15) is 5.82 Å². The highest BCUT2D eigenvalue weighted by Crippen LogP contribution is 2.28. The molecule has 0 saturated carbocycles. The first kappa shape index (κ1) is 19.6. The zero-order chi connectivity index (χ0) is 16.6. The number of nitrogens with zero attached hydrogens (tertiary/aromatic N) is 4. The van der Waals surface area contributed by atoms with Crippen LogP contribution >= 0.6 is 12.4 Å². The molecule has 3 rings (SSSR count). The summed E-state index contributed by atoms with van der Waals surface area (Å²) in [6, 6.07) is -0.452. The third-order valence-electron chi connectivity index (χ3n) is 4.49. The minimum atomic E-state index is -3.57. The summed E-state index contributed by atoms with van der Waals surface area (Å²) < 4.78 is 37.1. The standard InChI is InChI=1S/C14H25N5O3S.ClH/c1-11-10-22-12(2)9-19(11)23(20,21)18-7-4-15-8-13(18)14-16-5-6-17(14)3;/h5-6,11-13,15H,4,7-10H2,1-3H3;1H. The number of aromatic nitrogens is 2. The predicted molar refractivity (Wildman–Crippen MR) is 93.3 cm³/mol. The van der Waals surface area contributed by atoms with Crippen LogP contribution in [0.4, 0.5) is 0 Å². The van der Waals surface area contributed by atoms with Gasteiger partial charge in [-0.15, -0.1) is 12.4 Å². The second-order valence-corrected chi connectivity index (χ2v) is 8.13. The summed E-state index contributed by atoms with van der Waals surface area (Å²) >= 11 is 0. The molecule has 0 spiro atoms. The maximum absolute atomic E-state index is 13.2. The van der Waals surface area contributed by atoms with Crippen LogP contribution in [-0.4, -0.2) is 71.5 Å². The predicted octanol–water partition coefficient (Wildman–Crippen LogP) is 0.142. The van der Waals surface area contributed by atoms with Crippen LogP contribution in [0.15, 0.2) is 12.4 Å². The van der Waals surface area contributed by atoms with E-state index in [0.717, 1.165) is 5.82 Å². The number of piperazine rings is 1. The summed E-state index contributed by atoms with van der Waals surface area (Å²) in [6.07, 6.45) is 3.46. The average molecular weight is 380 g/mol. The van der Waals surface area contributed by atoms with Crippen LogP contribution < -0.4 is 5.32 Å². The Hall–Kier alpha value is -0.710. The van der Waals surface area contributed by atoms with Crippen molar-refractivity contribution in [3.63, 3.8) is 0 Å². The molecular formula is C14H26ClN5O3S. The van der Waals surface area contributed by atoms with Gasteiger partial charge >= 0.3 is 0 Å². The molecule has 3 atom stereocenters. The highest BCUT2D eigenvalue weighted by atomic mass is 35.5. The van der Waals surface area contributed by atoms with Gasteiger partial charge in [-0.1, -0.05) is 0 Å². The van der Waals surface area contributed by atoms with E-state index in [1.165, 1.54) is 0 Å². The fraction of sp³-hybridized carbons (Fsp3) is 0.786. The van der Waals surface area contributed by atoms with E-state index in [0.29, 0.717) is 32.8 Å². The zero-order valence-corrected chi connectivity index (χ0v) is 15.9. The maximum atomic E-state index is 13.2. The van der Waals surface area contributed by atoms with Crippen LogP contribution in [0.25, 0.3) is 0 Å². The van der Waals surface area contributed by atoms with Gasteiger partial charge in [-0.05, 0) is 13.8 Å². The molecule has 0 aliphatic carbocycles. The van der Waals surface area contributed by atoms with E-state index in [1.54, 1.807) is 14.8 Å². The zero-order valence-electron chi connectivity index (χ0n) is 14.3. The molecule has 138 valence electrons. The molecule has 2 aliphatic heterocycles. The number of ether oxygens (including phenoxy) is 1. The maximum Gasteiger partial charge on any atom is 0.283 e. The van der Waals surface area contributed by atoms with Crippen molar-refractivity contribution < 1.29 is 13.2 Å². The van der Waals surface area contributed by atoms with Gasteiger partial charge in [-0.2, -0.15) is 17.0 Å². The summed E-state index contributed by atoms with van der Waals surface area (Å²) in [4.78, 5) is 4.36. The molecule has 2 saturated heterocycles. The first-order chi connectivity index (χ1) is 10.9. The summed E-state index contributed by atoms with van der Waals surface area (Å²) in [5.41, 5.74) is 0. The lowest BCUT2D eigenvalue weighted by molar-refractivity contribution is -0.0199. The Labute approximate surface area is 149 Å². The minimum absolute atomic E-state index is 0. The molecule has 0 amide bonds. The van der Waals surface area contributed by atoms with Gasteiger partial charge in [-0.25, -0.2) is 4.98 Å². The van der Waals surface area contributed by atoms with Gasteiger partial charge in [0.05, 0.1) is 18.8 Å². The Bertz CT molecular complexity index is 653. The van der Waals surface area contributed by atoms with Gasteiger partial charge < -0.3 is 14.6 Å². The Balaban J connectivity index is 0.00000208. The smallest absolute Gasteiger partial charge is 0.283 e. The molecule has 0 radical (unpaired) electrons. The molecule has 2 fully saturated rings. The Morgan fingerprint density at radius 1 is 1.33 bits per heavy atom. The van der Waals surface area contributed by atoms with Crippen molar-refractivity contribution in [2.45, 2.75) is 32.0 Å². The number of morpholine rings is 1. The molecule has 3 unspecified atom stereocenters. The number of hydrogen-bond acceptors (Lipinski definition) is 5. The van der Waals surface area contributed by atoms with E-state index in [1.807, 2.05) is 31.7 Å². The van der Waals surface area contributed by atoms with Crippen molar-refractivity contribution in [1.82, 2.24) is 23.5 Å². The first-order valence-corrected chi connectivity index (χ1v) is 9.39. The SMILES string of the molecule is CC1CN(S(=O)(=O)N2CCNCC2c2nccn2C)C(C)CO1.Cl. The third kappa shape index (κ3) is 3.61. The third-order valence-corrected chi connectivity index (χ3v) is 6.63. The second kappa shape index (κ2) is 7.67. The van der Waals surface area contributed by atoms with E-state index < -0.39 is 10.2 Å². The van der Waals surface area contributed by atoms with Crippen molar-refractivity contribution >= 4 is 22.6 Å². The molecule has 1 N–H and O–H groups in total. The topological polar surface area (TPSA) is 79.7 Å². The summed E-state index contributed by atoms with van der Waals surface area (Å²) in [7, 11) is -1.68. The highest BCUT2D eigenvalue weighted by molar-refractivity contribution is 7.86. The minimum Gasteiger partial charge on any atom is -0.375 e. The van der Waals surface area contributed by atoms with Crippen LogP contribution in [0.5, 0.6) is 0 Å². The van der Waals surface area contributed by atoms with E-state index in [4.69, 9.17) is 4.74 Å². The normalized spacial score (nSPS) is 30.0. The van der Waals surface area contributed by atoms with Crippen LogP contribution in [0, 0.1) is 0 Å². The van der Waals surface area contributed by atoms with E-state index in [2.05, 4.69) is 10.3 Å². The summed E-state index contributed by atoms with van der Waals surface area (Å²) in [5.74, 6) is 0.759. The van der Waals surface area contributed by atoms with Crippen LogP contribution in [0.1, 0.15) is 25.7 Å². The molecule has 3 heterocycles. The molecule has 24 heavy (non-hydrogen) atoms. The van der Waals surface area contributed by atoms with E-state index >= 15 is 0 Å². The fourth-order valence-electron chi connectivity index (χ4n) is 3.21. The number of nitrogens with one attached hydrogen (secondary N) is 1. The average Bonchev–Trinajstić information content (AvgIpc) is 2.95. The molecule has 8 nitrogen and oxygen atoms in total. The van der Waals surface area contributed by atoms with Crippen molar-refractivity contribution in [2.75, 3.05) is 32.8 Å². The quantitative estimate of drug-likeness (QED) is 0.808. The molecule has 2 aliphatic rings. The highest BCUT2D eigenvalue weighted by Gasteiger charge is 2.42. The number of imidazole rings is 1. The van der Waals surface area contributed by atoms with E-state index in [9.17, 15) is 8.42 Å². The van der Waals surface area contributed by atoms with Crippen molar-refractivity contribution in [2.24, 2.45) is 7.05 Å². The number of halogens is 1. The van der Waals surface area contributed by atoms with Crippen molar-refractivity contribution in [1.29, 1.82) is 0 Å². The Morgan fingerprint density at radius 2 is 2.08 bits per heavy atom. The Kier molecular flexibility index (Phi) is 6.27. The monoisotopic (exact) mass is 379 g/mol. The van der Waals surface area contributed by atoms with Gasteiger partial charge in [0.15, 0.2) is 0 Å². The van der Waals surface area contributed by atoms with Crippen molar-refractivity contribution in [3.8, 4) is 0 Å². The number of rotatable bonds is 3. The molecule has 1 aromatic rings. The molecular weight excluding hydrogens is 354 g/mol. The van der Waals surface area contributed by atoms with E-state index in [-0.39, 0.29) is 30.6 Å². The second-order valence-electron chi connectivity index (χ2n) is 6.30.